The summed E-state index contributed by atoms with van der Waals surface area (Å²) in [5.41, 5.74) is 2.20. The second-order valence-corrected chi connectivity index (χ2v) is 21.1. The highest BCUT2D eigenvalue weighted by Crippen LogP contribution is 2.46. The summed E-state index contributed by atoms with van der Waals surface area (Å²) in [5, 5.41) is 30.4. The number of benzene rings is 4. The summed E-state index contributed by atoms with van der Waals surface area (Å²) in [4.78, 5) is 40.0. The van der Waals surface area contributed by atoms with Gasteiger partial charge in [0.2, 0.25) is 0 Å². The number of methoxy groups -OCH3 is 2. The van der Waals surface area contributed by atoms with Gasteiger partial charge in [-0.2, -0.15) is 5.26 Å². The number of aryl methyl sites for hydroxylation is 2. The molecule has 4 aromatic carbocycles. The lowest BCUT2D eigenvalue weighted by Gasteiger charge is -2.37. The van der Waals surface area contributed by atoms with E-state index in [1.54, 1.807) is 44.9 Å². The van der Waals surface area contributed by atoms with Crippen molar-refractivity contribution in [3.8, 4) is 17.6 Å². The third-order valence-electron chi connectivity index (χ3n) is 13.3. The number of nitrogens with zero attached hydrogens (tertiary/aromatic N) is 7. The van der Waals surface area contributed by atoms with E-state index in [1.807, 2.05) is 85.1 Å². The Morgan fingerprint density at radius 1 is 0.921 bits per heavy atom. The number of nitro benzene ring substituents is 1. The van der Waals surface area contributed by atoms with Gasteiger partial charge in [-0.25, -0.2) is 9.48 Å². The Morgan fingerprint density at radius 3 is 2.20 bits per heavy atom. The lowest BCUT2D eigenvalue weighted by molar-refractivity contribution is -0.386. The van der Waals surface area contributed by atoms with Crippen molar-refractivity contribution in [1.82, 2.24) is 29.2 Å². The molecule has 3 heterocycles. The fourth-order valence-corrected chi connectivity index (χ4v) is 11.7. The van der Waals surface area contributed by atoms with Crippen LogP contribution in [0.2, 0.25) is 0 Å². The van der Waals surface area contributed by atoms with E-state index in [0.717, 1.165) is 40.8 Å². The smallest absolute Gasteiger partial charge is 0.330 e. The predicted octanol–water partition coefficient (Wildman–Crippen LogP) is 9.51. The van der Waals surface area contributed by atoms with Gasteiger partial charge in [-0.3, -0.25) is 29.1 Å². The number of aromatic amines is 1. The molecule has 1 aliphatic heterocycles. The molecule has 5 atom stereocenters. The van der Waals surface area contributed by atoms with Gasteiger partial charge in [0, 0.05) is 55.1 Å². The van der Waals surface area contributed by atoms with Crippen LogP contribution in [0.1, 0.15) is 112 Å². The van der Waals surface area contributed by atoms with Crippen LogP contribution in [-0.2, 0) is 42.0 Å². The number of unbranched alkanes of at least 4 members (excludes halogenated alkanes) is 1. The van der Waals surface area contributed by atoms with Gasteiger partial charge in [-0.15, -0.1) is 5.10 Å². The molecule has 0 spiro atoms. The maximum Gasteiger partial charge on any atom is 0.330 e. The number of aromatic nitrogens is 5. The highest BCUT2D eigenvalue weighted by Gasteiger charge is 2.43. The molecular formula is C56H69N8O11P. The molecule has 0 aliphatic carbocycles. The molecule has 76 heavy (non-hydrogen) atoms. The summed E-state index contributed by atoms with van der Waals surface area (Å²) >= 11 is 0. The summed E-state index contributed by atoms with van der Waals surface area (Å²) in [7, 11) is 2.33. The zero-order valence-electron chi connectivity index (χ0n) is 44.5. The van der Waals surface area contributed by atoms with Crippen molar-refractivity contribution in [3.05, 3.63) is 179 Å². The first-order valence-electron chi connectivity index (χ1n) is 25.6. The van der Waals surface area contributed by atoms with Crippen LogP contribution >= 0.6 is 8.30 Å². The molecule has 6 aromatic rings. The largest absolute Gasteiger partial charge is 0.497 e. The number of nitrogens with one attached hydrogen (secondary N) is 1. The molecule has 1 fully saturated rings. The molecule has 1 saturated heterocycles. The highest BCUT2D eigenvalue weighted by molar-refractivity contribution is 7.50. The molecule has 20 heteroatoms. The third-order valence-corrected chi connectivity index (χ3v) is 15.9. The quantitative estimate of drug-likeness (QED) is 0.0121. The Balaban J connectivity index is 1.06. The Labute approximate surface area is 444 Å². The van der Waals surface area contributed by atoms with E-state index >= 15 is 0 Å². The van der Waals surface area contributed by atoms with Crippen LogP contribution in [0.3, 0.4) is 0 Å². The van der Waals surface area contributed by atoms with Gasteiger partial charge in [0.1, 0.15) is 44.5 Å². The third kappa shape index (κ3) is 14.0. The van der Waals surface area contributed by atoms with Gasteiger partial charge >= 0.3 is 5.69 Å². The van der Waals surface area contributed by atoms with Crippen LogP contribution in [0.5, 0.6) is 11.5 Å². The lowest BCUT2D eigenvalue weighted by Crippen LogP contribution is -2.39. The molecule has 7 rings (SSSR count). The zero-order chi connectivity index (χ0) is 54.4. The van der Waals surface area contributed by atoms with Crippen LogP contribution < -0.4 is 20.7 Å². The van der Waals surface area contributed by atoms with Gasteiger partial charge < -0.3 is 32.9 Å². The van der Waals surface area contributed by atoms with Gasteiger partial charge in [-0.05, 0) is 113 Å². The molecule has 0 amide bonds. The number of hydrogen-bond donors (Lipinski definition) is 1. The molecule has 0 bridgehead atoms. The fraction of sp³-hybridized carbons (Fsp3) is 0.446. The molecular weight excluding hydrogens is 992 g/mol. The summed E-state index contributed by atoms with van der Waals surface area (Å²) < 4.78 is 49.4. The minimum Gasteiger partial charge on any atom is -0.497 e. The molecule has 0 saturated carbocycles. The van der Waals surface area contributed by atoms with Crippen molar-refractivity contribution in [1.29, 1.82) is 5.26 Å². The maximum absolute atomic E-state index is 13.3. The first-order valence-corrected chi connectivity index (χ1v) is 27.0. The summed E-state index contributed by atoms with van der Waals surface area (Å²) in [6, 6.07) is 32.8. The molecule has 404 valence electrons. The zero-order valence-corrected chi connectivity index (χ0v) is 45.4. The Bertz CT molecular complexity index is 2920. The van der Waals surface area contributed by atoms with Crippen molar-refractivity contribution >= 4 is 14.0 Å². The van der Waals surface area contributed by atoms with Gasteiger partial charge in [0.05, 0.1) is 68.4 Å². The van der Waals surface area contributed by atoms with Gasteiger partial charge in [0.25, 0.3) is 11.2 Å². The number of H-pyrrole nitrogens is 1. The number of ether oxygens (including phenoxy) is 6. The van der Waals surface area contributed by atoms with Crippen molar-refractivity contribution in [2.45, 2.75) is 122 Å². The monoisotopic (exact) mass is 1060 g/mol. The van der Waals surface area contributed by atoms with E-state index in [9.17, 15) is 25.0 Å². The summed E-state index contributed by atoms with van der Waals surface area (Å²) in [6.45, 7) is 12.5. The van der Waals surface area contributed by atoms with Crippen LogP contribution in [0, 0.1) is 28.4 Å². The fourth-order valence-electron chi connectivity index (χ4n) is 9.59. The molecule has 2 aromatic heterocycles. The second-order valence-electron chi connectivity index (χ2n) is 19.2. The summed E-state index contributed by atoms with van der Waals surface area (Å²) in [5.74, 6) is 1.33. The molecule has 0 radical (unpaired) electrons. The molecule has 2 unspecified atom stereocenters. The lowest BCUT2D eigenvalue weighted by atomic mass is 9.80. The van der Waals surface area contributed by atoms with Gasteiger partial charge in [-0.1, -0.05) is 65.9 Å². The second kappa shape index (κ2) is 26.9. The number of nitro groups is 1. The van der Waals surface area contributed by atoms with E-state index in [-0.39, 0.29) is 25.5 Å². The van der Waals surface area contributed by atoms with Gasteiger partial charge in [0.15, 0.2) is 0 Å². The van der Waals surface area contributed by atoms with Crippen LogP contribution in [0.25, 0.3) is 0 Å². The van der Waals surface area contributed by atoms with E-state index < -0.39 is 54.6 Å². The van der Waals surface area contributed by atoms with Crippen LogP contribution in [-0.4, -0.2) is 98.8 Å². The normalized spacial score (nSPS) is 16.5. The minimum atomic E-state index is -1.20. The Morgan fingerprint density at radius 2 is 1.58 bits per heavy atom. The van der Waals surface area contributed by atoms with Crippen LogP contribution in [0.4, 0.5) is 5.69 Å². The van der Waals surface area contributed by atoms with Crippen molar-refractivity contribution < 1.29 is 37.9 Å². The predicted molar refractivity (Wildman–Crippen MR) is 287 cm³/mol. The first-order chi connectivity index (χ1) is 36.6. The van der Waals surface area contributed by atoms with Crippen molar-refractivity contribution in [3.63, 3.8) is 0 Å². The average molecular weight is 1060 g/mol. The molecule has 1 aliphatic rings. The minimum absolute atomic E-state index is 0.0479. The first kappa shape index (κ1) is 57.1. The van der Waals surface area contributed by atoms with E-state index in [1.165, 1.54) is 16.8 Å². The molecule has 19 nitrogen and oxygen atoms in total. The number of nitriles is 1. The van der Waals surface area contributed by atoms with E-state index in [4.69, 9.17) is 32.9 Å². The standard InChI is InChI=1S/C56H69N8O11P/c1-38(2)63(39(3)4)76(30-14-28-57)74-29-13-12-17-46-35-61(60-59-46)34-42-18-27-50(64(67)68)49(31-42)41(6)71-37-72-51-32-53(62-33-40(5)54(65)58-55(62)66)75-52(51)36-73-56(43-15-10-9-11-16-43,44-19-23-47(69-7)24-20-44)45-21-25-48(70-8)26-22-45/h9-11,15-16,18-27,31,33,35,38-39,41,51-53H,12-14,17,29-30,32,34,36-37H2,1-8H3,(H,58,65,66)/t41?,51-,52+,53+,76?/m0/s1. The van der Waals surface area contributed by atoms with Crippen molar-refractivity contribution in [2.75, 3.05) is 40.4 Å². The van der Waals surface area contributed by atoms with E-state index in [0.29, 0.717) is 66.9 Å². The number of hydrogen-bond acceptors (Lipinski definition) is 15. The number of rotatable bonds is 28. The Kier molecular flexibility index (Phi) is 20.2. The van der Waals surface area contributed by atoms with E-state index in [2.05, 4.69) is 53.7 Å². The van der Waals surface area contributed by atoms with Crippen molar-refractivity contribution in [2.24, 2.45) is 0 Å². The van der Waals surface area contributed by atoms with Crippen LogP contribution in [0.15, 0.2) is 119 Å². The average Bonchev–Trinajstić information content (AvgIpc) is 4.05. The maximum atomic E-state index is 13.3. The highest BCUT2D eigenvalue weighted by atomic mass is 31.2. The SMILES string of the molecule is COc1ccc(C(OC[C@H]2O[C@@H](n3cc(C)c(=O)[nH]c3=O)C[C@@H]2OCOC(C)c2cc(Cn3cc(CCCCOP(CCC#N)N(C(C)C)C(C)C)nn3)ccc2[N+](=O)[O-])(c2ccccc2)c2ccc(OC)cc2)cc1. The Hall–Kier alpha value is -6.62. The molecule has 1 N–H and O–H groups in total. The summed E-state index contributed by atoms with van der Waals surface area (Å²) in [6.07, 6.45) is 3.89. The topological polar surface area (TPSA) is 220 Å².